The van der Waals surface area contributed by atoms with Gasteiger partial charge in [0.15, 0.2) is 5.82 Å². The molecule has 0 unspecified atom stereocenters. The zero-order chi connectivity index (χ0) is 20.0. The summed E-state index contributed by atoms with van der Waals surface area (Å²) in [7, 11) is 0. The van der Waals surface area contributed by atoms with Crippen molar-refractivity contribution in [3.8, 4) is 11.5 Å². The summed E-state index contributed by atoms with van der Waals surface area (Å²) >= 11 is 0. The van der Waals surface area contributed by atoms with Crippen molar-refractivity contribution in [3.05, 3.63) is 65.2 Å². The second-order valence-corrected chi connectivity index (χ2v) is 7.60. The van der Waals surface area contributed by atoms with Crippen molar-refractivity contribution < 1.29 is 14.1 Å². The molecule has 1 aromatic carbocycles. The van der Waals surface area contributed by atoms with Crippen molar-refractivity contribution in [1.29, 1.82) is 0 Å². The van der Waals surface area contributed by atoms with Crippen LogP contribution in [0.25, 0.3) is 11.5 Å². The molecule has 29 heavy (non-hydrogen) atoms. The minimum Gasteiger partial charge on any atom is -0.334 e. The van der Waals surface area contributed by atoms with Gasteiger partial charge in [-0.3, -0.25) is 19.5 Å². The average Bonchev–Trinajstić information content (AvgIpc) is 3.46. The maximum Gasteiger partial charge on any atom is 0.261 e. The van der Waals surface area contributed by atoms with Gasteiger partial charge >= 0.3 is 0 Å². The lowest BCUT2D eigenvalue weighted by Gasteiger charge is -2.17. The van der Waals surface area contributed by atoms with Crippen LogP contribution in [-0.2, 0) is 12.1 Å². The number of carbonyl (C=O) groups is 2. The van der Waals surface area contributed by atoms with Crippen molar-refractivity contribution in [1.82, 2.24) is 20.0 Å². The number of benzene rings is 1. The van der Waals surface area contributed by atoms with Crippen LogP contribution in [0.1, 0.15) is 57.8 Å². The summed E-state index contributed by atoms with van der Waals surface area (Å²) in [6.07, 6.45) is 7.01. The van der Waals surface area contributed by atoms with Crippen LogP contribution in [0.4, 0.5) is 0 Å². The fraction of sp³-hybridized carbons (Fsp3) is 0.286. The molecular weight excluding hydrogens is 370 g/mol. The van der Waals surface area contributed by atoms with Gasteiger partial charge in [-0.25, -0.2) is 0 Å². The molecule has 8 nitrogen and oxygen atoms in total. The Bertz CT molecular complexity index is 1100. The number of nitrogens with zero attached hydrogens (tertiary/aromatic N) is 4. The summed E-state index contributed by atoms with van der Waals surface area (Å²) in [5.74, 6) is 0.139. The van der Waals surface area contributed by atoms with Crippen LogP contribution in [0.2, 0.25) is 0 Å². The topological polar surface area (TPSA) is 115 Å². The number of pyridine rings is 1. The Morgan fingerprint density at radius 1 is 1.03 bits per heavy atom. The minimum absolute atomic E-state index is 0.199. The molecule has 3 aromatic rings. The molecule has 2 N–H and O–H groups in total. The lowest BCUT2D eigenvalue weighted by atomic mass is 9.98. The smallest absolute Gasteiger partial charge is 0.261 e. The number of hydrogen-bond acceptors (Lipinski definition) is 7. The standard InChI is InChI=1S/C21H19N5O3/c22-21(7-1-2-8-21)20-24-17(29-25-20)14-3-4-15-16(11-14)19(28)26(18(15)27)12-13-5-9-23-10-6-13/h3-6,9-11H,1-2,7-8,12,22H2. The first-order chi connectivity index (χ1) is 14.0. The Labute approximate surface area is 166 Å². The van der Waals surface area contributed by atoms with Crippen LogP contribution < -0.4 is 5.73 Å². The zero-order valence-corrected chi connectivity index (χ0v) is 15.7. The van der Waals surface area contributed by atoms with Gasteiger partial charge in [0.2, 0.25) is 0 Å². The predicted octanol–water partition coefficient (Wildman–Crippen LogP) is 2.66. The first-order valence-electron chi connectivity index (χ1n) is 9.58. The number of imide groups is 1. The highest BCUT2D eigenvalue weighted by atomic mass is 16.5. The van der Waals surface area contributed by atoms with E-state index in [4.69, 9.17) is 10.3 Å². The molecule has 0 bridgehead atoms. The van der Waals surface area contributed by atoms with Crippen LogP contribution in [0.3, 0.4) is 0 Å². The molecule has 146 valence electrons. The average molecular weight is 389 g/mol. The number of carbonyl (C=O) groups excluding carboxylic acids is 2. The van der Waals surface area contributed by atoms with E-state index in [1.807, 2.05) is 0 Å². The quantitative estimate of drug-likeness (QED) is 0.682. The van der Waals surface area contributed by atoms with Crippen LogP contribution in [0.15, 0.2) is 47.2 Å². The molecule has 1 fully saturated rings. The van der Waals surface area contributed by atoms with E-state index in [-0.39, 0.29) is 18.4 Å². The number of fused-ring (bicyclic) bond motifs is 1. The van der Waals surface area contributed by atoms with Crippen molar-refractivity contribution in [3.63, 3.8) is 0 Å². The van der Waals surface area contributed by atoms with Gasteiger partial charge in [-0.15, -0.1) is 0 Å². The van der Waals surface area contributed by atoms with E-state index in [9.17, 15) is 9.59 Å². The van der Waals surface area contributed by atoms with Crippen molar-refractivity contribution in [2.75, 3.05) is 0 Å². The van der Waals surface area contributed by atoms with Gasteiger partial charge in [0, 0.05) is 18.0 Å². The van der Waals surface area contributed by atoms with Crippen LogP contribution >= 0.6 is 0 Å². The number of rotatable bonds is 4. The van der Waals surface area contributed by atoms with E-state index in [2.05, 4.69) is 15.1 Å². The van der Waals surface area contributed by atoms with E-state index in [1.165, 1.54) is 4.90 Å². The maximum atomic E-state index is 12.9. The maximum absolute atomic E-state index is 12.9. The fourth-order valence-corrected chi connectivity index (χ4v) is 4.01. The van der Waals surface area contributed by atoms with Crippen molar-refractivity contribution in [2.24, 2.45) is 5.73 Å². The SMILES string of the molecule is NC1(c2noc(-c3ccc4c(c3)C(=O)N(Cc3ccncc3)C4=O)n2)CCCC1. The number of hydrogen-bond donors (Lipinski definition) is 1. The summed E-state index contributed by atoms with van der Waals surface area (Å²) in [4.78, 5) is 35.2. The summed E-state index contributed by atoms with van der Waals surface area (Å²) in [5, 5.41) is 4.07. The van der Waals surface area contributed by atoms with Crippen LogP contribution in [0.5, 0.6) is 0 Å². The zero-order valence-electron chi connectivity index (χ0n) is 15.7. The second-order valence-electron chi connectivity index (χ2n) is 7.60. The number of nitrogens with two attached hydrogens (primary N) is 1. The van der Waals surface area contributed by atoms with Crippen LogP contribution in [0, 0.1) is 0 Å². The molecule has 0 atom stereocenters. The molecule has 0 radical (unpaired) electrons. The lowest BCUT2D eigenvalue weighted by molar-refractivity contribution is 0.0642. The molecule has 1 aliphatic carbocycles. The first-order valence-corrected chi connectivity index (χ1v) is 9.58. The first kappa shape index (κ1) is 17.7. The van der Waals surface area contributed by atoms with Gasteiger partial charge in [0.25, 0.3) is 17.7 Å². The third kappa shape index (κ3) is 2.92. The fourth-order valence-electron chi connectivity index (χ4n) is 4.01. The Morgan fingerprint density at radius 2 is 1.76 bits per heavy atom. The number of amides is 2. The minimum atomic E-state index is -0.550. The second kappa shape index (κ2) is 6.59. The number of aromatic nitrogens is 3. The van der Waals surface area contributed by atoms with E-state index in [0.29, 0.717) is 28.4 Å². The Balaban J connectivity index is 1.44. The Kier molecular flexibility index (Phi) is 4.02. The van der Waals surface area contributed by atoms with Gasteiger partial charge < -0.3 is 10.3 Å². The van der Waals surface area contributed by atoms with Gasteiger partial charge in [0.1, 0.15) is 0 Å². The Hall–Kier alpha value is -3.39. The molecule has 8 heteroatoms. The van der Waals surface area contributed by atoms with E-state index < -0.39 is 5.54 Å². The summed E-state index contributed by atoms with van der Waals surface area (Å²) in [6.45, 7) is 0.199. The van der Waals surface area contributed by atoms with Crippen LogP contribution in [-0.4, -0.2) is 31.8 Å². The highest BCUT2D eigenvalue weighted by molar-refractivity contribution is 6.21. The summed E-state index contributed by atoms with van der Waals surface area (Å²) in [6, 6.07) is 8.54. The molecular formula is C21H19N5O3. The highest BCUT2D eigenvalue weighted by Crippen LogP contribution is 2.36. The predicted molar refractivity (Wildman–Crippen MR) is 103 cm³/mol. The molecule has 3 heterocycles. The third-order valence-electron chi connectivity index (χ3n) is 5.67. The highest BCUT2D eigenvalue weighted by Gasteiger charge is 2.38. The third-order valence-corrected chi connectivity index (χ3v) is 5.67. The van der Waals surface area contributed by atoms with Crippen molar-refractivity contribution in [2.45, 2.75) is 37.8 Å². The lowest BCUT2D eigenvalue weighted by Crippen LogP contribution is -2.34. The molecule has 0 spiro atoms. The van der Waals surface area contributed by atoms with Gasteiger partial charge in [-0.1, -0.05) is 18.0 Å². The molecule has 0 saturated heterocycles. The van der Waals surface area contributed by atoms with Gasteiger partial charge in [-0.2, -0.15) is 4.98 Å². The molecule has 5 rings (SSSR count). The molecule has 2 aromatic heterocycles. The molecule has 1 saturated carbocycles. The molecule has 1 aliphatic heterocycles. The molecule has 2 amide bonds. The summed E-state index contributed by atoms with van der Waals surface area (Å²) < 4.78 is 5.41. The normalized spacial score (nSPS) is 17.8. The monoisotopic (exact) mass is 389 g/mol. The van der Waals surface area contributed by atoms with E-state index in [0.717, 1.165) is 31.2 Å². The van der Waals surface area contributed by atoms with E-state index in [1.54, 1.807) is 42.7 Å². The largest absolute Gasteiger partial charge is 0.334 e. The van der Waals surface area contributed by atoms with E-state index >= 15 is 0 Å². The van der Waals surface area contributed by atoms with Gasteiger partial charge in [-0.05, 0) is 48.7 Å². The van der Waals surface area contributed by atoms with Crippen molar-refractivity contribution >= 4 is 11.8 Å². The molecule has 2 aliphatic rings. The summed E-state index contributed by atoms with van der Waals surface area (Å²) in [5.41, 5.74) is 7.99. The van der Waals surface area contributed by atoms with Gasteiger partial charge in [0.05, 0.1) is 23.2 Å². The Morgan fingerprint density at radius 3 is 2.52 bits per heavy atom.